The summed E-state index contributed by atoms with van der Waals surface area (Å²) in [5, 5.41) is 8.99. The number of aliphatic hydroxyl groups is 1. The molecule has 1 aromatic carbocycles. The number of halogens is 1. The van der Waals surface area contributed by atoms with E-state index in [0.717, 1.165) is 18.6 Å². The Morgan fingerprint density at radius 2 is 2.25 bits per heavy atom. The van der Waals surface area contributed by atoms with E-state index in [1.54, 1.807) is 0 Å². The second-order valence-electron chi connectivity index (χ2n) is 4.84. The van der Waals surface area contributed by atoms with E-state index in [-0.39, 0.29) is 13.2 Å². The van der Waals surface area contributed by atoms with Crippen molar-refractivity contribution in [1.29, 1.82) is 0 Å². The van der Waals surface area contributed by atoms with Crippen LogP contribution in [-0.4, -0.2) is 33.3 Å². The van der Waals surface area contributed by atoms with Gasteiger partial charge in [0, 0.05) is 19.8 Å². The summed E-state index contributed by atoms with van der Waals surface area (Å²) in [6.45, 7) is 1.28. The SMILES string of the molecule is O=S(=O)(NCCC1CCOC1)c1cc(CO)ccc1F. The molecule has 1 fully saturated rings. The molecule has 0 radical (unpaired) electrons. The molecule has 0 amide bonds. The molecular formula is C13H18FNO4S. The molecule has 5 nitrogen and oxygen atoms in total. The fourth-order valence-corrected chi connectivity index (χ4v) is 3.31. The van der Waals surface area contributed by atoms with E-state index in [1.807, 2.05) is 0 Å². The van der Waals surface area contributed by atoms with Crippen LogP contribution in [-0.2, 0) is 21.4 Å². The highest BCUT2D eigenvalue weighted by molar-refractivity contribution is 7.89. The fourth-order valence-electron chi connectivity index (χ4n) is 2.14. The molecule has 2 rings (SSSR count). The maximum absolute atomic E-state index is 13.6. The maximum atomic E-state index is 13.6. The normalized spacial score (nSPS) is 19.4. The van der Waals surface area contributed by atoms with Crippen LogP contribution in [0.5, 0.6) is 0 Å². The van der Waals surface area contributed by atoms with Crippen molar-refractivity contribution in [1.82, 2.24) is 4.72 Å². The first-order valence-corrected chi connectivity index (χ1v) is 7.98. The van der Waals surface area contributed by atoms with E-state index in [1.165, 1.54) is 6.07 Å². The smallest absolute Gasteiger partial charge is 0.243 e. The predicted molar refractivity (Wildman–Crippen MR) is 71.1 cm³/mol. The minimum atomic E-state index is -3.89. The number of hydrogen-bond donors (Lipinski definition) is 2. The molecule has 0 spiro atoms. The first-order chi connectivity index (χ1) is 9.53. The molecule has 1 aliphatic rings. The zero-order chi connectivity index (χ0) is 14.6. The molecule has 1 saturated heterocycles. The first kappa shape index (κ1) is 15.4. The van der Waals surface area contributed by atoms with Crippen molar-refractivity contribution in [2.24, 2.45) is 5.92 Å². The summed E-state index contributed by atoms with van der Waals surface area (Å²) >= 11 is 0. The van der Waals surface area contributed by atoms with Crippen molar-refractivity contribution >= 4 is 10.0 Å². The summed E-state index contributed by atoms with van der Waals surface area (Å²) in [5.41, 5.74) is 0.357. The number of hydrogen-bond acceptors (Lipinski definition) is 4. The number of ether oxygens (including phenoxy) is 1. The van der Waals surface area contributed by atoms with E-state index in [4.69, 9.17) is 9.84 Å². The van der Waals surface area contributed by atoms with Crippen molar-refractivity contribution in [2.75, 3.05) is 19.8 Å². The molecule has 1 atom stereocenters. The molecule has 2 N–H and O–H groups in total. The lowest BCUT2D eigenvalue weighted by Gasteiger charge is -2.11. The number of rotatable bonds is 6. The Hall–Kier alpha value is -1.02. The highest BCUT2D eigenvalue weighted by Crippen LogP contribution is 2.18. The minimum absolute atomic E-state index is 0.249. The second kappa shape index (κ2) is 6.62. The Kier molecular flexibility index (Phi) is 5.09. The summed E-state index contributed by atoms with van der Waals surface area (Å²) in [6.07, 6.45) is 1.59. The lowest BCUT2D eigenvalue weighted by Crippen LogP contribution is -2.27. The lowest BCUT2D eigenvalue weighted by molar-refractivity contribution is 0.184. The van der Waals surface area contributed by atoms with Gasteiger partial charge in [0.05, 0.1) is 6.61 Å². The second-order valence-corrected chi connectivity index (χ2v) is 6.57. The molecule has 0 aromatic heterocycles. The summed E-state index contributed by atoms with van der Waals surface area (Å²) < 4.78 is 45.3. The predicted octanol–water partition coefficient (Wildman–Crippen LogP) is 1.02. The van der Waals surface area contributed by atoms with Crippen LogP contribution in [0.1, 0.15) is 18.4 Å². The maximum Gasteiger partial charge on any atom is 0.243 e. The van der Waals surface area contributed by atoms with E-state index in [0.29, 0.717) is 31.1 Å². The van der Waals surface area contributed by atoms with Crippen molar-refractivity contribution in [3.8, 4) is 0 Å². The van der Waals surface area contributed by atoms with E-state index in [2.05, 4.69) is 4.72 Å². The first-order valence-electron chi connectivity index (χ1n) is 6.49. The van der Waals surface area contributed by atoms with Gasteiger partial charge in [-0.05, 0) is 36.5 Å². The van der Waals surface area contributed by atoms with Gasteiger partial charge < -0.3 is 9.84 Å². The third-order valence-electron chi connectivity index (χ3n) is 3.34. The van der Waals surface area contributed by atoms with Gasteiger partial charge >= 0.3 is 0 Å². The number of aliphatic hydroxyl groups excluding tert-OH is 1. The third-order valence-corrected chi connectivity index (χ3v) is 4.81. The Morgan fingerprint density at radius 3 is 2.90 bits per heavy atom. The number of benzene rings is 1. The van der Waals surface area contributed by atoms with Gasteiger partial charge in [0.2, 0.25) is 10.0 Å². The van der Waals surface area contributed by atoms with Crippen LogP contribution in [0, 0.1) is 11.7 Å². The van der Waals surface area contributed by atoms with Crippen LogP contribution in [0.4, 0.5) is 4.39 Å². The molecule has 1 heterocycles. The standard InChI is InChI=1S/C13H18FNO4S/c14-12-2-1-11(8-16)7-13(12)20(17,18)15-5-3-10-4-6-19-9-10/h1-2,7,10,15-16H,3-6,8-9H2. The summed E-state index contributed by atoms with van der Waals surface area (Å²) in [4.78, 5) is -0.424. The van der Waals surface area contributed by atoms with Gasteiger partial charge in [-0.2, -0.15) is 0 Å². The summed E-state index contributed by atoms with van der Waals surface area (Å²) in [6, 6.07) is 3.55. The fraction of sp³-hybridized carbons (Fsp3) is 0.538. The van der Waals surface area contributed by atoms with Gasteiger partial charge in [-0.15, -0.1) is 0 Å². The summed E-state index contributed by atoms with van der Waals surface area (Å²) in [5.74, 6) is -0.467. The van der Waals surface area contributed by atoms with E-state index >= 15 is 0 Å². The molecule has 0 aliphatic carbocycles. The van der Waals surface area contributed by atoms with E-state index < -0.39 is 20.7 Å². The molecule has 112 valence electrons. The van der Waals surface area contributed by atoms with E-state index in [9.17, 15) is 12.8 Å². The van der Waals surface area contributed by atoms with Crippen LogP contribution in [0.2, 0.25) is 0 Å². The summed E-state index contributed by atoms with van der Waals surface area (Å²) in [7, 11) is -3.89. The van der Waals surface area contributed by atoms with Crippen LogP contribution < -0.4 is 4.72 Å². The van der Waals surface area contributed by atoms with Gasteiger partial charge in [0.25, 0.3) is 0 Å². The zero-order valence-corrected chi connectivity index (χ0v) is 11.8. The molecular weight excluding hydrogens is 285 g/mol. The van der Waals surface area contributed by atoms with Gasteiger partial charge in [-0.25, -0.2) is 17.5 Å². The van der Waals surface area contributed by atoms with Gasteiger partial charge in [-0.1, -0.05) is 6.07 Å². The molecule has 0 bridgehead atoms. The van der Waals surface area contributed by atoms with Crippen molar-refractivity contribution < 1.29 is 22.7 Å². The minimum Gasteiger partial charge on any atom is -0.392 e. The molecule has 7 heteroatoms. The monoisotopic (exact) mass is 303 g/mol. The zero-order valence-electron chi connectivity index (χ0n) is 11.0. The number of nitrogens with one attached hydrogen (secondary N) is 1. The van der Waals surface area contributed by atoms with Crippen molar-refractivity contribution in [3.63, 3.8) is 0 Å². The topological polar surface area (TPSA) is 75.6 Å². The average molecular weight is 303 g/mol. The van der Waals surface area contributed by atoms with Crippen LogP contribution in [0.25, 0.3) is 0 Å². The highest BCUT2D eigenvalue weighted by Gasteiger charge is 2.21. The van der Waals surface area contributed by atoms with Crippen LogP contribution in [0.15, 0.2) is 23.1 Å². The molecule has 1 aromatic rings. The van der Waals surface area contributed by atoms with Crippen LogP contribution >= 0.6 is 0 Å². The molecule has 1 aliphatic heterocycles. The van der Waals surface area contributed by atoms with Crippen molar-refractivity contribution in [2.45, 2.75) is 24.3 Å². The average Bonchev–Trinajstić information content (AvgIpc) is 2.92. The van der Waals surface area contributed by atoms with Gasteiger partial charge in [0.15, 0.2) is 0 Å². The molecule has 0 saturated carbocycles. The Balaban J connectivity index is 2.01. The van der Waals surface area contributed by atoms with Gasteiger partial charge in [0.1, 0.15) is 10.7 Å². The lowest BCUT2D eigenvalue weighted by atomic mass is 10.1. The highest BCUT2D eigenvalue weighted by atomic mass is 32.2. The van der Waals surface area contributed by atoms with Crippen molar-refractivity contribution in [3.05, 3.63) is 29.6 Å². The largest absolute Gasteiger partial charge is 0.392 e. The Morgan fingerprint density at radius 1 is 1.45 bits per heavy atom. The molecule has 1 unspecified atom stereocenters. The molecule has 20 heavy (non-hydrogen) atoms. The third kappa shape index (κ3) is 3.76. The van der Waals surface area contributed by atoms with Gasteiger partial charge in [-0.3, -0.25) is 0 Å². The Bertz CT molecular complexity index is 555. The number of sulfonamides is 1. The Labute approximate surface area is 117 Å². The van der Waals surface area contributed by atoms with Crippen LogP contribution in [0.3, 0.4) is 0 Å². The quantitative estimate of drug-likeness (QED) is 0.823.